The Kier molecular flexibility index (Phi) is 5.00. The number of nitro benzene ring substituents is 1. The van der Waals surface area contributed by atoms with E-state index in [9.17, 15) is 23.3 Å². The van der Waals surface area contributed by atoms with E-state index in [1.807, 2.05) is 0 Å². The van der Waals surface area contributed by atoms with Crippen LogP contribution in [0, 0.1) is 10.1 Å². The maximum absolute atomic E-state index is 12.1. The number of carbonyl (C=O) groups excluding carboxylic acids is 1. The lowest BCUT2D eigenvalue weighted by Crippen LogP contribution is -2.23. The number of carbonyl (C=O) groups is 1. The highest BCUT2D eigenvalue weighted by Gasteiger charge is 2.20. The third-order valence-electron chi connectivity index (χ3n) is 2.74. The molecule has 0 radical (unpaired) electrons. The highest BCUT2D eigenvalue weighted by atomic mass is 35.5. The molecule has 0 saturated heterocycles. The Morgan fingerprint density at radius 1 is 1.35 bits per heavy atom. The highest BCUT2D eigenvalue weighted by molar-refractivity contribution is 7.91. The van der Waals surface area contributed by atoms with Crippen molar-refractivity contribution in [3.8, 4) is 0 Å². The third-order valence-corrected chi connectivity index (χ3v) is 5.50. The number of rotatable bonds is 5. The molecule has 11 heteroatoms. The zero-order valence-electron chi connectivity index (χ0n) is 11.4. The van der Waals surface area contributed by atoms with Gasteiger partial charge in [0.05, 0.1) is 11.5 Å². The summed E-state index contributed by atoms with van der Waals surface area (Å²) < 4.78 is 22.3. The fraction of sp³-hybridized carbons (Fsp3) is 0.0833. The molecule has 1 amide bonds. The minimum Gasteiger partial charge on any atom is -0.347 e. The number of sulfonamides is 1. The molecule has 23 heavy (non-hydrogen) atoms. The van der Waals surface area contributed by atoms with Crippen LogP contribution in [-0.2, 0) is 16.6 Å². The number of amides is 1. The zero-order valence-corrected chi connectivity index (χ0v) is 13.7. The van der Waals surface area contributed by atoms with Crippen LogP contribution < -0.4 is 10.5 Å². The van der Waals surface area contributed by atoms with Crippen molar-refractivity contribution in [3.63, 3.8) is 0 Å². The number of thiophene rings is 1. The molecule has 1 aromatic carbocycles. The van der Waals surface area contributed by atoms with Gasteiger partial charge in [-0.05, 0) is 24.3 Å². The molecule has 2 rings (SSSR count). The van der Waals surface area contributed by atoms with E-state index >= 15 is 0 Å². The van der Waals surface area contributed by atoms with Crippen LogP contribution in [0.4, 0.5) is 5.69 Å². The first kappa shape index (κ1) is 17.3. The van der Waals surface area contributed by atoms with Gasteiger partial charge in [0.15, 0.2) is 0 Å². The summed E-state index contributed by atoms with van der Waals surface area (Å²) in [7, 11) is -3.79. The van der Waals surface area contributed by atoms with Gasteiger partial charge in [0.25, 0.3) is 11.6 Å². The predicted molar refractivity (Wildman–Crippen MR) is 85.0 cm³/mol. The summed E-state index contributed by atoms with van der Waals surface area (Å²) in [6.07, 6.45) is 0. The van der Waals surface area contributed by atoms with E-state index in [2.05, 4.69) is 5.32 Å². The van der Waals surface area contributed by atoms with Crippen molar-refractivity contribution in [2.24, 2.45) is 5.14 Å². The molecule has 1 aromatic heterocycles. The average Bonchev–Trinajstić information content (AvgIpc) is 2.93. The number of nitro groups is 1. The number of nitrogens with one attached hydrogen (secondary N) is 1. The van der Waals surface area contributed by atoms with E-state index in [-0.39, 0.29) is 21.3 Å². The molecule has 0 aliphatic carbocycles. The van der Waals surface area contributed by atoms with Gasteiger partial charge in [-0.1, -0.05) is 11.6 Å². The van der Waals surface area contributed by atoms with Crippen molar-refractivity contribution < 1.29 is 18.1 Å². The van der Waals surface area contributed by atoms with E-state index < -0.39 is 26.5 Å². The number of benzene rings is 1. The van der Waals surface area contributed by atoms with Crippen LogP contribution in [0.25, 0.3) is 0 Å². The third kappa shape index (κ3) is 4.26. The first-order chi connectivity index (χ1) is 10.7. The molecule has 122 valence electrons. The minimum atomic E-state index is -3.79. The summed E-state index contributed by atoms with van der Waals surface area (Å²) in [5, 5.41) is 18.6. The summed E-state index contributed by atoms with van der Waals surface area (Å²) in [6, 6.07) is 6.53. The van der Waals surface area contributed by atoms with Crippen molar-refractivity contribution in [2.75, 3.05) is 0 Å². The van der Waals surface area contributed by atoms with Crippen LogP contribution in [0.5, 0.6) is 0 Å². The second-order valence-corrected chi connectivity index (χ2v) is 7.76. The molecular weight excluding hydrogens is 366 g/mol. The molecule has 0 aliphatic heterocycles. The molecule has 0 aliphatic rings. The number of hydrogen-bond donors (Lipinski definition) is 2. The van der Waals surface area contributed by atoms with Crippen LogP contribution in [0.2, 0.25) is 5.02 Å². The topological polar surface area (TPSA) is 132 Å². The van der Waals surface area contributed by atoms with Gasteiger partial charge in [0, 0.05) is 16.0 Å². The van der Waals surface area contributed by atoms with Crippen molar-refractivity contribution in [1.82, 2.24) is 5.32 Å². The summed E-state index contributed by atoms with van der Waals surface area (Å²) in [5.74, 6) is -0.668. The van der Waals surface area contributed by atoms with E-state index in [0.717, 1.165) is 17.4 Å². The second-order valence-electron chi connectivity index (χ2n) is 4.37. The van der Waals surface area contributed by atoms with Crippen LogP contribution in [0.3, 0.4) is 0 Å². The SMILES string of the molecule is NS(=O)(=O)c1ccc(CNC(=O)c2ccc(Cl)cc2[N+](=O)[O-])s1. The molecule has 1 heterocycles. The Morgan fingerprint density at radius 3 is 2.61 bits per heavy atom. The molecule has 0 unspecified atom stereocenters. The number of nitrogens with zero attached hydrogens (tertiary/aromatic N) is 1. The molecule has 8 nitrogen and oxygen atoms in total. The smallest absolute Gasteiger partial charge is 0.283 e. The van der Waals surface area contributed by atoms with E-state index in [1.165, 1.54) is 24.3 Å². The van der Waals surface area contributed by atoms with Crippen molar-refractivity contribution in [3.05, 3.63) is 55.9 Å². The fourth-order valence-electron chi connectivity index (χ4n) is 1.72. The van der Waals surface area contributed by atoms with E-state index in [4.69, 9.17) is 16.7 Å². The first-order valence-electron chi connectivity index (χ1n) is 6.02. The lowest BCUT2D eigenvalue weighted by atomic mass is 10.1. The van der Waals surface area contributed by atoms with Crippen LogP contribution in [0.15, 0.2) is 34.5 Å². The Balaban J connectivity index is 2.14. The standard InChI is InChI=1S/C12H10ClN3O5S2/c13-7-1-3-9(10(5-7)16(18)19)12(17)15-6-8-2-4-11(22-8)23(14,20)21/h1-5H,6H2,(H,15,17)(H2,14,20,21). The monoisotopic (exact) mass is 375 g/mol. The Hall–Kier alpha value is -2.01. The quantitative estimate of drug-likeness (QED) is 0.608. The van der Waals surface area contributed by atoms with E-state index in [0.29, 0.717) is 4.88 Å². The van der Waals surface area contributed by atoms with Crippen LogP contribution >= 0.6 is 22.9 Å². The number of halogens is 1. The lowest BCUT2D eigenvalue weighted by molar-refractivity contribution is -0.385. The van der Waals surface area contributed by atoms with Gasteiger partial charge in [0.2, 0.25) is 10.0 Å². The normalized spacial score (nSPS) is 11.2. The average molecular weight is 376 g/mol. The molecule has 0 atom stereocenters. The number of primary sulfonamides is 1. The molecule has 3 N–H and O–H groups in total. The van der Waals surface area contributed by atoms with E-state index in [1.54, 1.807) is 0 Å². The van der Waals surface area contributed by atoms with Gasteiger partial charge >= 0.3 is 0 Å². The maximum Gasteiger partial charge on any atom is 0.283 e. The second kappa shape index (κ2) is 6.62. The van der Waals surface area contributed by atoms with Crippen molar-refractivity contribution in [1.29, 1.82) is 0 Å². The summed E-state index contributed by atoms with van der Waals surface area (Å²) in [4.78, 5) is 22.9. The molecule has 0 saturated carbocycles. The number of nitrogens with two attached hydrogens (primary N) is 1. The maximum atomic E-state index is 12.1. The molecule has 0 fully saturated rings. The Labute approximate surface area is 140 Å². The minimum absolute atomic E-state index is 0.0127. The van der Waals surface area contributed by atoms with Gasteiger partial charge in [-0.3, -0.25) is 14.9 Å². The molecule has 0 bridgehead atoms. The largest absolute Gasteiger partial charge is 0.347 e. The summed E-state index contributed by atoms with van der Waals surface area (Å²) >= 11 is 6.59. The van der Waals surface area contributed by atoms with Gasteiger partial charge in [-0.15, -0.1) is 11.3 Å². The van der Waals surface area contributed by atoms with Gasteiger partial charge in [-0.2, -0.15) is 0 Å². The zero-order chi connectivity index (χ0) is 17.2. The fourth-order valence-corrected chi connectivity index (χ4v) is 3.60. The summed E-state index contributed by atoms with van der Waals surface area (Å²) in [6.45, 7) is 0.0127. The summed E-state index contributed by atoms with van der Waals surface area (Å²) in [5.41, 5.74) is -0.547. The molecule has 2 aromatic rings. The molecular formula is C12H10ClN3O5S2. The van der Waals surface area contributed by atoms with Gasteiger partial charge in [-0.25, -0.2) is 13.6 Å². The van der Waals surface area contributed by atoms with Crippen molar-refractivity contribution in [2.45, 2.75) is 10.8 Å². The van der Waals surface area contributed by atoms with Crippen molar-refractivity contribution >= 4 is 44.6 Å². The van der Waals surface area contributed by atoms with Gasteiger partial charge in [0.1, 0.15) is 9.77 Å². The number of hydrogen-bond acceptors (Lipinski definition) is 6. The highest BCUT2D eigenvalue weighted by Crippen LogP contribution is 2.24. The predicted octanol–water partition coefficient (Wildman–Crippen LogP) is 1.89. The Bertz CT molecular complexity index is 879. The van der Waals surface area contributed by atoms with Crippen LogP contribution in [-0.4, -0.2) is 19.2 Å². The first-order valence-corrected chi connectivity index (χ1v) is 8.76. The Morgan fingerprint density at radius 2 is 2.04 bits per heavy atom. The van der Waals surface area contributed by atoms with Gasteiger partial charge < -0.3 is 5.32 Å². The molecule has 0 spiro atoms. The lowest BCUT2D eigenvalue weighted by Gasteiger charge is -2.05. The van der Waals surface area contributed by atoms with Crippen LogP contribution in [0.1, 0.15) is 15.2 Å².